The van der Waals surface area contributed by atoms with Gasteiger partial charge in [0.1, 0.15) is 0 Å². The number of rotatable bonds is 4. The molecule has 0 aromatic heterocycles. The van der Waals surface area contributed by atoms with Gasteiger partial charge in [-0.3, -0.25) is 0 Å². The predicted octanol–water partition coefficient (Wildman–Crippen LogP) is 4.01. The number of alkyl halides is 1. The Labute approximate surface area is 120 Å². The lowest BCUT2D eigenvalue weighted by Gasteiger charge is -2.46. The summed E-state index contributed by atoms with van der Waals surface area (Å²) in [5.41, 5.74) is 0. The van der Waals surface area contributed by atoms with Crippen LogP contribution in [0.1, 0.15) is 46.5 Å². The van der Waals surface area contributed by atoms with Gasteiger partial charge in [-0.1, -0.05) is 43.1 Å². The third kappa shape index (κ3) is 3.10. The van der Waals surface area contributed by atoms with Crippen molar-refractivity contribution in [3.8, 4) is 0 Å². The fourth-order valence-corrected chi connectivity index (χ4v) is 4.38. The van der Waals surface area contributed by atoms with Crippen LogP contribution in [0.2, 0.25) is 0 Å². The van der Waals surface area contributed by atoms with Crippen molar-refractivity contribution in [2.75, 3.05) is 7.11 Å². The molecule has 2 rings (SSSR count). The maximum absolute atomic E-state index is 6.39. The van der Waals surface area contributed by atoms with E-state index in [4.69, 9.17) is 9.47 Å². The maximum atomic E-state index is 6.39. The van der Waals surface area contributed by atoms with E-state index in [0.29, 0.717) is 17.0 Å². The van der Waals surface area contributed by atoms with Gasteiger partial charge < -0.3 is 9.47 Å². The van der Waals surface area contributed by atoms with Gasteiger partial charge in [-0.2, -0.15) is 0 Å². The quantitative estimate of drug-likeness (QED) is 0.729. The molecule has 0 spiro atoms. The third-order valence-corrected chi connectivity index (χ3v) is 5.66. The highest BCUT2D eigenvalue weighted by molar-refractivity contribution is 9.09. The predicted molar refractivity (Wildman–Crippen MR) is 78.1 cm³/mol. The molecule has 6 atom stereocenters. The summed E-state index contributed by atoms with van der Waals surface area (Å²) in [6.45, 7) is 7.02. The van der Waals surface area contributed by atoms with Gasteiger partial charge in [0.2, 0.25) is 0 Å². The minimum atomic E-state index is 0.245. The van der Waals surface area contributed by atoms with Crippen molar-refractivity contribution < 1.29 is 9.47 Å². The minimum Gasteiger partial charge on any atom is -0.378 e. The number of ether oxygens (including phenoxy) is 2. The van der Waals surface area contributed by atoms with Crippen molar-refractivity contribution in [1.82, 2.24) is 0 Å². The molecule has 2 nitrogen and oxygen atoms in total. The van der Waals surface area contributed by atoms with Gasteiger partial charge in [0.25, 0.3) is 0 Å². The van der Waals surface area contributed by atoms with Gasteiger partial charge in [0.05, 0.1) is 18.3 Å². The molecule has 106 valence electrons. The topological polar surface area (TPSA) is 18.5 Å². The Morgan fingerprint density at radius 3 is 2.39 bits per heavy atom. The second-order valence-electron chi connectivity index (χ2n) is 6.49. The summed E-state index contributed by atoms with van der Waals surface area (Å²) in [5, 5.41) is 0. The van der Waals surface area contributed by atoms with Gasteiger partial charge in [0.15, 0.2) is 0 Å². The molecule has 0 radical (unpaired) electrons. The molecule has 0 aromatic rings. The molecule has 0 bridgehead atoms. The summed E-state index contributed by atoms with van der Waals surface area (Å²) in [4.78, 5) is 0.478. The zero-order valence-corrected chi connectivity index (χ0v) is 13.7. The van der Waals surface area contributed by atoms with E-state index in [1.54, 1.807) is 7.11 Å². The second kappa shape index (κ2) is 6.23. The van der Waals surface area contributed by atoms with Crippen molar-refractivity contribution in [3.05, 3.63) is 0 Å². The van der Waals surface area contributed by atoms with Gasteiger partial charge >= 0.3 is 0 Å². The molecule has 0 heterocycles. The van der Waals surface area contributed by atoms with Crippen LogP contribution in [0.3, 0.4) is 0 Å². The first-order chi connectivity index (χ1) is 8.52. The lowest BCUT2D eigenvalue weighted by atomic mass is 9.75. The smallest absolute Gasteiger partial charge is 0.0958 e. The number of hydrogen-bond donors (Lipinski definition) is 0. The zero-order valence-electron chi connectivity index (χ0n) is 12.1. The normalized spacial score (nSPS) is 45.0. The van der Waals surface area contributed by atoms with Crippen molar-refractivity contribution in [2.24, 2.45) is 17.8 Å². The summed E-state index contributed by atoms with van der Waals surface area (Å²) in [7, 11) is 1.79. The fraction of sp³-hybridized carbons (Fsp3) is 1.00. The molecule has 6 unspecified atom stereocenters. The van der Waals surface area contributed by atoms with Crippen LogP contribution >= 0.6 is 15.9 Å². The summed E-state index contributed by atoms with van der Waals surface area (Å²) < 4.78 is 11.9. The van der Waals surface area contributed by atoms with E-state index in [1.807, 2.05) is 0 Å². The summed E-state index contributed by atoms with van der Waals surface area (Å²) >= 11 is 3.64. The molecule has 2 fully saturated rings. The van der Waals surface area contributed by atoms with E-state index < -0.39 is 0 Å². The largest absolute Gasteiger partial charge is 0.378 e. The monoisotopic (exact) mass is 318 g/mol. The van der Waals surface area contributed by atoms with Crippen LogP contribution in [0.15, 0.2) is 0 Å². The standard InChI is InChI=1S/C15H27BrO2/c1-9(2)11-6-5-10(3)7-13(11)18-14-8-12(16)15(14)17-4/h9-15H,5-8H2,1-4H3. The van der Waals surface area contributed by atoms with Crippen LogP contribution in [0.5, 0.6) is 0 Å². The fourth-order valence-electron chi connectivity index (χ4n) is 3.46. The van der Waals surface area contributed by atoms with Crippen LogP contribution < -0.4 is 0 Å². The Bertz CT molecular complexity index is 269. The molecule has 2 aliphatic carbocycles. The maximum Gasteiger partial charge on any atom is 0.0958 e. The van der Waals surface area contributed by atoms with Crippen LogP contribution in [0.25, 0.3) is 0 Å². The Hall–Kier alpha value is 0.400. The van der Waals surface area contributed by atoms with Gasteiger partial charge in [-0.15, -0.1) is 0 Å². The van der Waals surface area contributed by atoms with E-state index in [9.17, 15) is 0 Å². The third-order valence-electron chi connectivity index (χ3n) is 4.76. The number of hydrogen-bond acceptors (Lipinski definition) is 2. The van der Waals surface area contributed by atoms with Crippen molar-refractivity contribution in [1.29, 1.82) is 0 Å². The lowest BCUT2D eigenvalue weighted by Crippen LogP contribution is -2.53. The van der Waals surface area contributed by atoms with Gasteiger partial charge in [-0.25, -0.2) is 0 Å². The minimum absolute atomic E-state index is 0.245. The van der Waals surface area contributed by atoms with E-state index in [2.05, 4.69) is 36.7 Å². The summed E-state index contributed by atoms with van der Waals surface area (Å²) in [6.07, 6.45) is 5.99. The zero-order chi connectivity index (χ0) is 13.3. The molecule has 0 saturated heterocycles. The molecule has 0 aliphatic heterocycles. The summed E-state index contributed by atoms with van der Waals surface area (Å²) in [6, 6.07) is 0. The van der Waals surface area contributed by atoms with Gasteiger partial charge in [0, 0.05) is 11.9 Å². The van der Waals surface area contributed by atoms with E-state index in [1.165, 1.54) is 19.3 Å². The van der Waals surface area contributed by atoms with E-state index >= 15 is 0 Å². The van der Waals surface area contributed by atoms with Crippen LogP contribution in [0, 0.1) is 17.8 Å². The molecule has 0 amide bonds. The van der Waals surface area contributed by atoms with Crippen molar-refractivity contribution >= 4 is 15.9 Å². The molecule has 0 N–H and O–H groups in total. The second-order valence-corrected chi connectivity index (χ2v) is 7.67. The highest BCUT2D eigenvalue weighted by atomic mass is 79.9. The highest BCUT2D eigenvalue weighted by Crippen LogP contribution is 2.40. The first kappa shape index (κ1) is 14.8. The van der Waals surface area contributed by atoms with Crippen LogP contribution in [0.4, 0.5) is 0 Å². The Morgan fingerprint density at radius 2 is 1.83 bits per heavy atom. The SMILES string of the molecule is COC1C(Br)CC1OC1CC(C)CCC1C(C)C. The molecule has 0 aromatic carbocycles. The van der Waals surface area contributed by atoms with Crippen LogP contribution in [-0.4, -0.2) is 30.2 Å². The molecule has 3 heteroatoms. The molecule has 2 aliphatic rings. The number of halogens is 1. The highest BCUT2D eigenvalue weighted by Gasteiger charge is 2.44. The summed E-state index contributed by atoms with van der Waals surface area (Å²) in [5.74, 6) is 2.27. The Kier molecular flexibility index (Phi) is 5.13. The van der Waals surface area contributed by atoms with Crippen molar-refractivity contribution in [2.45, 2.75) is 69.6 Å². The van der Waals surface area contributed by atoms with E-state index in [-0.39, 0.29) is 6.10 Å². The van der Waals surface area contributed by atoms with E-state index in [0.717, 1.165) is 24.2 Å². The molecule has 2 saturated carbocycles. The first-order valence-corrected chi connectivity index (χ1v) is 8.26. The lowest BCUT2D eigenvalue weighted by molar-refractivity contribution is -0.162. The van der Waals surface area contributed by atoms with Crippen molar-refractivity contribution in [3.63, 3.8) is 0 Å². The number of methoxy groups -OCH3 is 1. The molecular formula is C15H27BrO2. The Balaban J connectivity index is 1.92. The first-order valence-electron chi connectivity index (χ1n) is 7.35. The van der Waals surface area contributed by atoms with Gasteiger partial charge in [-0.05, 0) is 37.0 Å². The molecule has 18 heavy (non-hydrogen) atoms. The molecular weight excluding hydrogens is 292 g/mol. The average Bonchev–Trinajstić information content (AvgIpc) is 2.28. The van der Waals surface area contributed by atoms with Crippen LogP contribution in [-0.2, 0) is 9.47 Å². The average molecular weight is 319 g/mol. The Morgan fingerprint density at radius 1 is 1.11 bits per heavy atom.